The Balaban J connectivity index is 2.56. The van der Waals surface area contributed by atoms with Gasteiger partial charge in [-0.05, 0) is 58.4 Å². The van der Waals surface area contributed by atoms with Crippen LogP contribution >= 0.6 is 23.2 Å². The van der Waals surface area contributed by atoms with Crippen LogP contribution in [0, 0.1) is 0 Å². The van der Waals surface area contributed by atoms with E-state index in [4.69, 9.17) is 27.9 Å². The maximum Gasteiger partial charge on any atom is 0.244 e. The van der Waals surface area contributed by atoms with Crippen molar-refractivity contribution >= 4 is 50.7 Å². The summed E-state index contributed by atoms with van der Waals surface area (Å²) in [5.74, 6) is -0.641. The van der Waals surface area contributed by atoms with Gasteiger partial charge in [0, 0.05) is 27.7 Å². The van der Waals surface area contributed by atoms with Gasteiger partial charge in [-0.15, -0.1) is 0 Å². The number of carbonyl (C=O) groups is 2. The summed E-state index contributed by atoms with van der Waals surface area (Å²) in [6.45, 7) is 8.74. The van der Waals surface area contributed by atoms with E-state index in [0.29, 0.717) is 28.0 Å². The maximum atomic E-state index is 13.9. The van der Waals surface area contributed by atoms with Gasteiger partial charge in [-0.3, -0.25) is 13.9 Å². The first-order valence-corrected chi connectivity index (χ1v) is 14.5. The van der Waals surface area contributed by atoms with Crippen molar-refractivity contribution in [3.8, 4) is 5.75 Å². The van der Waals surface area contributed by atoms with Crippen LogP contribution in [0.2, 0.25) is 10.0 Å². The molecule has 0 aliphatic carbocycles. The van der Waals surface area contributed by atoms with Crippen LogP contribution in [0.5, 0.6) is 5.75 Å². The zero-order valence-corrected chi connectivity index (χ0v) is 24.4. The van der Waals surface area contributed by atoms with E-state index in [0.717, 1.165) is 10.6 Å². The molecule has 0 aliphatic heterocycles. The molecule has 0 fully saturated rings. The predicted molar refractivity (Wildman–Crippen MR) is 149 cm³/mol. The lowest BCUT2D eigenvalue weighted by atomic mass is 10.1. The third-order valence-electron chi connectivity index (χ3n) is 5.39. The van der Waals surface area contributed by atoms with E-state index < -0.39 is 34.1 Å². The Labute approximate surface area is 229 Å². The number of hydrogen-bond acceptors (Lipinski definition) is 5. The summed E-state index contributed by atoms with van der Waals surface area (Å²) in [5, 5.41) is 3.57. The molecule has 0 radical (unpaired) electrons. The van der Waals surface area contributed by atoms with Crippen LogP contribution < -0.4 is 14.4 Å². The lowest BCUT2D eigenvalue weighted by molar-refractivity contribution is -0.141. The lowest BCUT2D eigenvalue weighted by Gasteiger charge is -2.35. The van der Waals surface area contributed by atoms with Crippen molar-refractivity contribution < 1.29 is 22.7 Å². The summed E-state index contributed by atoms with van der Waals surface area (Å²) in [4.78, 5) is 28.4. The van der Waals surface area contributed by atoms with Gasteiger partial charge < -0.3 is 15.0 Å². The molecule has 0 aromatic heterocycles. The number of nitrogens with zero attached hydrogens (tertiary/aromatic N) is 2. The number of rotatable bonds is 11. The number of amides is 2. The average Bonchev–Trinajstić information content (AvgIpc) is 2.78. The van der Waals surface area contributed by atoms with Gasteiger partial charge in [0.15, 0.2) is 0 Å². The van der Waals surface area contributed by atoms with Gasteiger partial charge in [-0.2, -0.15) is 0 Å². The van der Waals surface area contributed by atoms with E-state index in [1.54, 1.807) is 56.3 Å². The summed E-state index contributed by atoms with van der Waals surface area (Å²) in [6, 6.07) is 10.6. The van der Waals surface area contributed by atoms with Crippen LogP contribution in [-0.2, 0) is 26.2 Å². The van der Waals surface area contributed by atoms with E-state index in [2.05, 4.69) is 5.32 Å². The zero-order chi connectivity index (χ0) is 28.0. The van der Waals surface area contributed by atoms with Crippen LogP contribution in [-0.4, -0.2) is 56.1 Å². The molecule has 0 heterocycles. The van der Waals surface area contributed by atoms with Crippen molar-refractivity contribution in [3.63, 3.8) is 0 Å². The fourth-order valence-electron chi connectivity index (χ4n) is 3.76. The van der Waals surface area contributed by atoms with Gasteiger partial charge >= 0.3 is 0 Å². The van der Waals surface area contributed by atoms with E-state index in [1.165, 1.54) is 4.90 Å². The third kappa shape index (κ3) is 8.51. The Bertz CT molecular complexity index is 1190. The largest absolute Gasteiger partial charge is 0.492 e. The molecule has 204 valence electrons. The molecule has 0 spiro atoms. The van der Waals surface area contributed by atoms with Gasteiger partial charge in [0.25, 0.3) is 0 Å². The highest BCUT2D eigenvalue weighted by Crippen LogP contribution is 2.31. The molecule has 1 atom stereocenters. The predicted octanol–water partition coefficient (Wildman–Crippen LogP) is 4.88. The molecular formula is C26H35Cl2N3O5S. The molecule has 1 unspecified atom stereocenters. The molecule has 0 bridgehead atoms. The van der Waals surface area contributed by atoms with E-state index in [-0.39, 0.29) is 24.6 Å². The van der Waals surface area contributed by atoms with Gasteiger partial charge in [0.05, 0.1) is 18.6 Å². The number of hydrogen-bond donors (Lipinski definition) is 1. The molecule has 2 amide bonds. The van der Waals surface area contributed by atoms with E-state index >= 15 is 0 Å². The third-order valence-corrected chi connectivity index (χ3v) is 7.22. The Morgan fingerprint density at radius 2 is 1.62 bits per heavy atom. The van der Waals surface area contributed by atoms with Crippen molar-refractivity contribution in [3.05, 3.63) is 58.1 Å². The van der Waals surface area contributed by atoms with Gasteiger partial charge in [-0.1, -0.05) is 48.3 Å². The summed E-state index contributed by atoms with van der Waals surface area (Å²) in [5.41, 5.74) is 0.140. The van der Waals surface area contributed by atoms with Gasteiger partial charge in [0.2, 0.25) is 21.8 Å². The minimum absolute atomic E-state index is 0.0852. The van der Waals surface area contributed by atoms with Crippen LogP contribution in [0.1, 0.15) is 46.6 Å². The smallest absolute Gasteiger partial charge is 0.244 e. The number of para-hydroxylation sites is 2. The molecule has 11 heteroatoms. The van der Waals surface area contributed by atoms with Crippen molar-refractivity contribution in [2.45, 2.75) is 59.2 Å². The summed E-state index contributed by atoms with van der Waals surface area (Å²) >= 11 is 12.8. The Hall–Kier alpha value is -2.49. The van der Waals surface area contributed by atoms with E-state index in [1.807, 2.05) is 20.8 Å². The molecule has 1 N–H and O–H groups in total. The fourth-order valence-corrected chi connectivity index (χ4v) is 5.13. The minimum Gasteiger partial charge on any atom is -0.492 e. The first-order valence-electron chi connectivity index (χ1n) is 11.9. The standard InChI is InChI=1S/C26H35Cl2N3O5S/c1-7-21(25(33)29-26(3,4)5)30(16-18-19(27)12-11-13-20(18)28)24(32)17-31(37(6,34)35)22-14-9-10-15-23(22)36-8-2/h9-15,21H,7-8,16-17H2,1-6H3,(H,29,33). The van der Waals surface area contributed by atoms with Gasteiger partial charge in [0.1, 0.15) is 18.3 Å². The van der Waals surface area contributed by atoms with Crippen LogP contribution in [0.3, 0.4) is 0 Å². The van der Waals surface area contributed by atoms with E-state index in [9.17, 15) is 18.0 Å². The van der Waals surface area contributed by atoms with Crippen molar-refractivity contribution in [2.75, 3.05) is 23.7 Å². The molecule has 2 rings (SSSR count). The number of sulfonamides is 1. The molecule has 2 aromatic carbocycles. The molecule has 8 nitrogen and oxygen atoms in total. The highest BCUT2D eigenvalue weighted by atomic mass is 35.5. The maximum absolute atomic E-state index is 13.9. The highest BCUT2D eigenvalue weighted by Gasteiger charge is 2.34. The summed E-state index contributed by atoms with van der Waals surface area (Å²) in [7, 11) is -3.90. The molecule has 0 saturated carbocycles. The minimum atomic E-state index is -3.90. The normalized spacial score (nSPS) is 12.5. The number of anilines is 1. The second-order valence-electron chi connectivity index (χ2n) is 9.56. The number of carbonyl (C=O) groups excluding carboxylic acids is 2. The van der Waals surface area contributed by atoms with Crippen LogP contribution in [0.15, 0.2) is 42.5 Å². The monoisotopic (exact) mass is 571 g/mol. The average molecular weight is 573 g/mol. The second kappa shape index (κ2) is 12.8. The summed E-state index contributed by atoms with van der Waals surface area (Å²) < 4.78 is 32.3. The van der Waals surface area contributed by atoms with Crippen molar-refractivity contribution in [1.29, 1.82) is 0 Å². The first-order chi connectivity index (χ1) is 17.2. The molecule has 2 aromatic rings. The highest BCUT2D eigenvalue weighted by molar-refractivity contribution is 7.92. The van der Waals surface area contributed by atoms with Crippen molar-refractivity contribution in [1.82, 2.24) is 10.2 Å². The van der Waals surface area contributed by atoms with Crippen LogP contribution in [0.4, 0.5) is 5.69 Å². The SMILES string of the molecule is CCOc1ccccc1N(CC(=O)N(Cc1c(Cl)cccc1Cl)C(CC)C(=O)NC(C)(C)C)S(C)(=O)=O. The number of nitrogens with one attached hydrogen (secondary N) is 1. The lowest BCUT2D eigenvalue weighted by Crippen LogP contribution is -2.55. The second-order valence-corrected chi connectivity index (χ2v) is 12.3. The van der Waals surface area contributed by atoms with Crippen LogP contribution in [0.25, 0.3) is 0 Å². The summed E-state index contributed by atoms with van der Waals surface area (Å²) in [6.07, 6.45) is 1.30. The number of halogens is 2. The number of benzene rings is 2. The zero-order valence-electron chi connectivity index (χ0n) is 22.0. The Kier molecular flexibility index (Phi) is 10.7. The molecule has 0 aliphatic rings. The fraction of sp³-hybridized carbons (Fsp3) is 0.462. The quantitative estimate of drug-likeness (QED) is 0.414. The topological polar surface area (TPSA) is 96.0 Å². The van der Waals surface area contributed by atoms with Crippen molar-refractivity contribution in [2.24, 2.45) is 0 Å². The molecular weight excluding hydrogens is 537 g/mol. The molecule has 0 saturated heterocycles. The number of ether oxygens (including phenoxy) is 1. The Morgan fingerprint density at radius 3 is 2.14 bits per heavy atom. The first kappa shape index (κ1) is 30.7. The molecule has 37 heavy (non-hydrogen) atoms. The van der Waals surface area contributed by atoms with Gasteiger partial charge in [-0.25, -0.2) is 8.42 Å². The Morgan fingerprint density at radius 1 is 1.03 bits per heavy atom.